The highest BCUT2D eigenvalue weighted by molar-refractivity contribution is 6.46. The summed E-state index contributed by atoms with van der Waals surface area (Å²) in [5, 5.41) is 11.6. The third kappa shape index (κ3) is 7.42. The molecule has 4 rings (SSSR count). The summed E-state index contributed by atoms with van der Waals surface area (Å²) in [5.74, 6) is 0.165. The molecule has 0 spiro atoms. The highest BCUT2D eigenvalue weighted by Crippen LogP contribution is 2.42. The van der Waals surface area contributed by atoms with Gasteiger partial charge in [0.25, 0.3) is 11.7 Å². The molecule has 1 unspecified atom stereocenters. The molecule has 0 radical (unpaired) electrons. The molecule has 1 amide bonds. The lowest BCUT2D eigenvalue weighted by Crippen LogP contribution is -2.38. The number of aryl methyl sites for hydroxylation is 1. The van der Waals surface area contributed by atoms with E-state index in [1.807, 2.05) is 43.3 Å². The Morgan fingerprint density at radius 3 is 2.30 bits per heavy atom. The van der Waals surface area contributed by atoms with Crippen molar-refractivity contribution < 1.29 is 28.9 Å². The molecule has 1 N–H and O–H groups in total. The average Bonchev–Trinajstić information content (AvgIpc) is 3.30. The van der Waals surface area contributed by atoms with Gasteiger partial charge in [-0.15, -0.1) is 0 Å². The lowest BCUT2D eigenvalue weighted by Gasteiger charge is -2.28. The Kier molecular flexibility index (Phi) is 11.4. The number of carbonyl (C=O) groups is 2. The zero-order chi connectivity index (χ0) is 31.6. The van der Waals surface area contributed by atoms with Gasteiger partial charge in [-0.3, -0.25) is 9.59 Å². The Morgan fingerprint density at radius 2 is 1.64 bits per heavy atom. The second-order valence-electron chi connectivity index (χ2n) is 10.9. The molecular formula is C36H44N2O6. The van der Waals surface area contributed by atoms with Crippen LogP contribution in [0.4, 0.5) is 0 Å². The number of methoxy groups -OCH3 is 1. The van der Waals surface area contributed by atoms with E-state index >= 15 is 0 Å². The van der Waals surface area contributed by atoms with Gasteiger partial charge in [-0.1, -0.05) is 63.6 Å². The number of Topliss-reactive ketones (excluding diaryl/α,β-unsaturated/α-hetero) is 1. The molecular weight excluding hydrogens is 556 g/mol. The number of rotatable bonds is 15. The van der Waals surface area contributed by atoms with Crippen LogP contribution in [0.5, 0.6) is 17.2 Å². The number of carbonyl (C=O) groups excluding carboxylic acids is 2. The summed E-state index contributed by atoms with van der Waals surface area (Å²) in [7, 11) is 1.55. The number of hydrogen-bond acceptors (Lipinski definition) is 7. The predicted octanol–water partition coefficient (Wildman–Crippen LogP) is 6.53. The number of ether oxygens (including phenoxy) is 3. The van der Waals surface area contributed by atoms with Crippen LogP contribution in [-0.4, -0.2) is 66.5 Å². The van der Waals surface area contributed by atoms with Crippen molar-refractivity contribution in [3.8, 4) is 17.2 Å². The normalized spacial score (nSPS) is 16.0. The van der Waals surface area contributed by atoms with Crippen LogP contribution in [-0.2, 0) is 16.2 Å². The van der Waals surface area contributed by atoms with E-state index in [1.54, 1.807) is 42.3 Å². The number of hydrogen-bond donors (Lipinski definition) is 1. The van der Waals surface area contributed by atoms with Gasteiger partial charge < -0.3 is 29.1 Å². The van der Waals surface area contributed by atoms with E-state index in [0.717, 1.165) is 42.8 Å². The third-order valence-corrected chi connectivity index (χ3v) is 8.04. The number of unbranched alkanes of at least 4 members (excludes halogenated alkanes) is 1. The van der Waals surface area contributed by atoms with E-state index in [2.05, 4.69) is 25.7 Å². The molecule has 44 heavy (non-hydrogen) atoms. The van der Waals surface area contributed by atoms with Gasteiger partial charge in [0.2, 0.25) is 0 Å². The van der Waals surface area contributed by atoms with Crippen molar-refractivity contribution in [1.29, 1.82) is 0 Å². The van der Waals surface area contributed by atoms with Gasteiger partial charge in [-0.05, 0) is 73.5 Å². The van der Waals surface area contributed by atoms with Gasteiger partial charge in [0.15, 0.2) is 11.5 Å². The third-order valence-electron chi connectivity index (χ3n) is 8.04. The molecule has 8 nitrogen and oxygen atoms in total. The topological polar surface area (TPSA) is 88.5 Å². The van der Waals surface area contributed by atoms with Crippen molar-refractivity contribution in [2.24, 2.45) is 0 Å². The van der Waals surface area contributed by atoms with Gasteiger partial charge in [0.1, 0.15) is 18.1 Å². The second-order valence-corrected chi connectivity index (χ2v) is 10.9. The first-order chi connectivity index (χ1) is 21.3. The van der Waals surface area contributed by atoms with Crippen LogP contribution in [0.3, 0.4) is 0 Å². The summed E-state index contributed by atoms with van der Waals surface area (Å²) in [6.07, 6.45) is 1.97. The van der Waals surface area contributed by atoms with Crippen LogP contribution in [0, 0.1) is 6.92 Å². The number of ketones is 1. The molecule has 8 heteroatoms. The monoisotopic (exact) mass is 600 g/mol. The van der Waals surface area contributed by atoms with Crippen molar-refractivity contribution in [3.63, 3.8) is 0 Å². The minimum atomic E-state index is -0.802. The first-order valence-corrected chi connectivity index (χ1v) is 15.4. The second kappa shape index (κ2) is 15.4. The summed E-state index contributed by atoms with van der Waals surface area (Å²) in [6, 6.07) is 19.7. The Morgan fingerprint density at radius 1 is 0.909 bits per heavy atom. The number of amides is 1. The zero-order valence-corrected chi connectivity index (χ0v) is 26.5. The Labute approximate surface area is 260 Å². The molecule has 1 aliphatic heterocycles. The van der Waals surface area contributed by atoms with Crippen LogP contribution in [0.1, 0.15) is 61.9 Å². The summed E-state index contributed by atoms with van der Waals surface area (Å²) >= 11 is 0. The number of aliphatic hydroxyl groups is 1. The van der Waals surface area contributed by atoms with Crippen molar-refractivity contribution >= 4 is 17.4 Å². The molecule has 3 aromatic rings. The maximum Gasteiger partial charge on any atom is 0.295 e. The summed E-state index contributed by atoms with van der Waals surface area (Å²) in [6.45, 7) is 11.6. The Hall–Kier alpha value is -4.30. The average molecular weight is 601 g/mol. The van der Waals surface area contributed by atoms with E-state index in [1.165, 1.54) is 0 Å². The van der Waals surface area contributed by atoms with E-state index < -0.39 is 17.7 Å². The minimum Gasteiger partial charge on any atom is -0.507 e. The fraction of sp³-hybridized carbons (Fsp3) is 0.389. The molecule has 0 aromatic heterocycles. The number of likely N-dealkylation sites (tertiary alicyclic amines) is 1. The fourth-order valence-corrected chi connectivity index (χ4v) is 5.40. The fourth-order valence-electron chi connectivity index (χ4n) is 5.40. The van der Waals surface area contributed by atoms with E-state index in [-0.39, 0.29) is 11.3 Å². The first-order valence-electron chi connectivity index (χ1n) is 15.4. The van der Waals surface area contributed by atoms with Crippen molar-refractivity contribution in [1.82, 2.24) is 9.80 Å². The maximum absolute atomic E-state index is 13.6. The summed E-state index contributed by atoms with van der Waals surface area (Å²) in [5.41, 5.74) is 2.99. The highest BCUT2D eigenvalue weighted by atomic mass is 16.5. The summed E-state index contributed by atoms with van der Waals surface area (Å²) in [4.78, 5) is 30.9. The zero-order valence-electron chi connectivity index (χ0n) is 26.5. The molecule has 3 aromatic carbocycles. The number of nitrogens with zero attached hydrogens (tertiary/aromatic N) is 2. The highest BCUT2D eigenvalue weighted by Gasteiger charge is 2.46. The van der Waals surface area contributed by atoms with Crippen molar-refractivity contribution in [2.75, 3.05) is 39.9 Å². The molecule has 234 valence electrons. The van der Waals surface area contributed by atoms with Crippen LogP contribution in [0.25, 0.3) is 5.76 Å². The van der Waals surface area contributed by atoms with E-state index in [4.69, 9.17) is 14.2 Å². The SMILES string of the molecule is CCCCOc1ccc(/C(O)=C2\C(=O)C(=O)N(CCN(CC)CC)C2c2ccc(OCc3ccccc3)c(OC)c2)cc1C. The van der Waals surface area contributed by atoms with Crippen LogP contribution in [0.15, 0.2) is 72.3 Å². The van der Waals surface area contributed by atoms with Crippen molar-refractivity contribution in [3.05, 3.63) is 94.6 Å². The van der Waals surface area contributed by atoms with E-state index in [9.17, 15) is 14.7 Å². The standard InChI is InChI=1S/C36H44N2O6/c1-6-9-21-43-29-17-16-28(22-25(29)4)34(39)32-33(38(36(41)35(32)40)20-19-37(7-2)8-3)27-15-18-30(31(23-27)42-5)44-24-26-13-11-10-12-14-26/h10-18,22-23,33,39H,6-9,19-21,24H2,1-5H3/b34-32+. The lowest BCUT2D eigenvalue weighted by atomic mass is 9.94. The molecule has 0 saturated carbocycles. The quantitative estimate of drug-likeness (QED) is 0.0919. The van der Waals surface area contributed by atoms with Gasteiger partial charge >= 0.3 is 0 Å². The molecule has 0 bridgehead atoms. The Bertz CT molecular complexity index is 1460. The molecule has 1 saturated heterocycles. The number of benzene rings is 3. The van der Waals surface area contributed by atoms with Gasteiger partial charge in [-0.2, -0.15) is 0 Å². The van der Waals surface area contributed by atoms with Crippen LogP contribution >= 0.6 is 0 Å². The largest absolute Gasteiger partial charge is 0.507 e. The molecule has 1 fully saturated rings. The van der Waals surface area contributed by atoms with Gasteiger partial charge in [0, 0.05) is 18.7 Å². The van der Waals surface area contributed by atoms with Gasteiger partial charge in [0.05, 0.1) is 25.3 Å². The maximum atomic E-state index is 13.6. The van der Waals surface area contributed by atoms with Crippen molar-refractivity contribution in [2.45, 2.75) is 53.2 Å². The summed E-state index contributed by atoms with van der Waals surface area (Å²) < 4.78 is 17.6. The molecule has 1 heterocycles. The first kappa shape index (κ1) is 32.6. The number of aliphatic hydroxyl groups excluding tert-OH is 1. The van der Waals surface area contributed by atoms with Crippen LogP contribution in [0.2, 0.25) is 0 Å². The van der Waals surface area contributed by atoms with Crippen LogP contribution < -0.4 is 14.2 Å². The van der Waals surface area contributed by atoms with E-state index in [0.29, 0.717) is 48.9 Å². The lowest BCUT2D eigenvalue weighted by molar-refractivity contribution is -0.140. The number of likely N-dealkylation sites (N-methyl/N-ethyl adjacent to an activating group) is 1. The molecule has 0 aliphatic carbocycles. The predicted molar refractivity (Wildman–Crippen MR) is 172 cm³/mol. The minimum absolute atomic E-state index is 0.0496. The van der Waals surface area contributed by atoms with Gasteiger partial charge in [-0.25, -0.2) is 0 Å². The Balaban J connectivity index is 1.74. The molecule has 1 atom stereocenters. The molecule has 1 aliphatic rings. The smallest absolute Gasteiger partial charge is 0.295 e.